The molecule has 132 valence electrons. The lowest BCUT2D eigenvalue weighted by molar-refractivity contribution is -0.950. The van der Waals surface area contributed by atoms with Gasteiger partial charge in [-0.15, -0.1) is 0 Å². The van der Waals surface area contributed by atoms with E-state index in [0.717, 1.165) is 35.9 Å². The van der Waals surface area contributed by atoms with E-state index in [1.54, 1.807) is 0 Å². The summed E-state index contributed by atoms with van der Waals surface area (Å²) < 4.78 is 19.4. The third-order valence-electron chi connectivity index (χ3n) is 6.19. The van der Waals surface area contributed by atoms with E-state index in [-0.39, 0.29) is 29.7 Å². The fourth-order valence-electron chi connectivity index (χ4n) is 5.20. The van der Waals surface area contributed by atoms with E-state index in [9.17, 15) is 9.18 Å². The maximum absolute atomic E-state index is 13.3. The van der Waals surface area contributed by atoms with Gasteiger partial charge in [-0.05, 0) is 24.6 Å². The largest absolute Gasteiger partial charge is 0.469 e. The quantitative estimate of drug-likeness (QED) is 0.511. The molecule has 0 N–H and O–H groups in total. The number of hydrogen-bond donors (Lipinski definition) is 1. The molecule has 0 amide bonds. The van der Waals surface area contributed by atoms with Crippen molar-refractivity contribution in [1.82, 2.24) is 0 Å². The molecule has 0 radical (unpaired) electrons. The van der Waals surface area contributed by atoms with Crippen LogP contribution in [0.5, 0.6) is 0 Å². The fourth-order valence-corrected chi connectivity index (χ4v) is 5.55. The molecule has 6 atom stereocenters. The summed E-state index contributed by atoms with van der Waals surface area (Å²) in [5.74, 6) is -0.434. The molecule has 0 spiro atoms. The van der Waals surface area contributed by atoms with Crippen LogP contribution >= 0.6 is 12.6 Å². The molecule has 2 fully saturated rings. The summed E-state index contributed by atoms with van der Waals surface area (Å²) in [4.78, 5) is 12.7. The number of carbonyl (C=O) groups excluding carboxylic acids is 1. The van der Waals surface area contributed by atoms with Crippen molar-refractivity contribution in [1.29, 1.82) is 0 Å². The van der Waals surface area contributed by atoms with E-state index in [1.807, 2.05) is 12.1 Å². The molecule has 1 aromatic carbocycles. The summed E-state index contributed by atoms with van der Waals surface area (Å²) in [6.07, 6.45) is 3.12. The van der Waals surface area contributed by atoms with E-state index in [1.165, 1.54) is 19.2 Å². The van der Waals surface area contributed by atoms with Crippen LogP contribution in [0.4, 0.5) is 4.39 Å². The second kappa shape index (κ2) is 6.68. The first-order valence-corrected chi connectivity index (χ1v) is 9.24. The van der Waals surface area contributed by atoms with Gasteiger partial charge in [0.2, 0.25) is 0 Å². The molecule has 0 aliphatic carbocycles. The molecule has 2 heterocycles. The van der Waals surface area contributed by atoms with Crippen molar-refractivity contribution in [2.45, 2.75) is 49.4 Å². The lowest BCUT2D eigenvalue weighted by Crippen LogP contribution is -2.63. The summed E-state index contributed by atoms with van der Waals surface area (Å²) in [5, 5.41) is 0.291. The van der Waals surface area contributed by atoms with Gasteiger partial charge in [-0.2, -0.15) is 12.6 Å². The molecule has 4 unspecified atom stereocenters. The molecular weight excluding hydrogens is 325 g/mol. The third-order valence-corrected chi connectivity index (χ3v) is 6.35. The van der Waals surface area contributed by atoms with Crippen molar-refractivity contribution >= 4 is 18.6 Å². The summed E-state index contributed by atoms with van der Waals surface area (Å²) in [7, 11) is 3.74. The predicted octanol–water partition coefficient (Wildman–Crippen LogP) is 3.40. The minimum absolute atomic E-state index is 0.108. The van der Waals surface area contributed by atoms with Crippen LogP contribution < -0.4 is 0 Å². The first kappa shape index (κ1) is 17.7. The van der Waals surface area contributed by atoms with Gasteiger partial charge in [-0.25, -0.2) is 4.39 Å². The van der Waals surface area contributed by atoms with Crippen molar-refractivity contribution in [2.24, 2.45) is 5.92 Å². The van der Waals surface area contributed by atoms with Gasteiger partial charge in [0.25, 0.3) is 0 Å². The standard InChI is InChI=1S/C19H26FNO2S/c1-12(24)11-21(2)15-8-9-17(21)18(19(22)23-3)16(10-15)13-4-6-14(20)7-5-13/h4-7,12,15-18H,8-11H2,1-3H3/p+1/t12?,15?,16-,17?,18+,21?/m1/s1. The highest BCUT2D eigenvalue weighted by Gasteiger charge is 2.59. The summed E-state index contributed by atoms with van der Waals surface area (Å²) in [6.45, 7) is 3.08. The fraction of sp³-hybridized carbons (Fsp3) is 0.632. The van der Waals surface area contributed by atoms with Crippen LogP contribution in [0.15, 0.2) is 24.3 Å². The highest BCUT2D eigenvalue weighted by molar-refractivity contribution is 7.80. The zero-order valence-corrected chi connectivity index (χ0v) is 15.5. The zero-order valence-electron chi connectivity index (χ0n) is 14.6. The van der Waals surface area contributed by atoms with Crippen LogP contribution in [0, 0.1) is 11.7 Å². The number of benzene rings is 1. The van der Waals surface area contributed by atoms with Gasteiger partial charge in [0.15, 0.2) is 0 Å². The Labute approximate surface area is 149 Å². The normalized spacial score (nSPS) is 36.4. The molecule has 2 saturated heterocycles. The third kappa shape index (κ3) is 2.97. The van der Waals surface area contributed by atoms with Crippen LogP contribution in [0.2, 0.25) is 0 Å². The van der Waals surface area contributed by atoms with Gasteiger partial charge in [-0.3, -0.25) is 4.79 Å². The minimum Gasteiger partial charge on any atom is -0.469 e. The molecule has 2 bridgehead atoms. The number of piperidine rings is 1. The highest BCUT2D eigenvalue weighted by atomic mass is 32.1. The summed E-state index contributed by atoms with van der Waals surface area (Å²) in [5.41, 5.74) is 1.05. The summed E-state index contributed by atoms with van der Waals surface area (Å²) >= 11 is 4.61. The van der Waals surface area contributed by atoms with Crippen molar-refractivity contribution in [3.05, 3.63) is 35.6 Å². The monoisotopic (exact) mass is 352 g/mol. The number of carbonyl (C=O) groups is 1. The van der Waals surface area contributed by atoms with Crippen LogP contribution in [0.25, 0.3) is 0 Å². The number of esters is 1. The number of ether oxygens (including phenoxy) is 1. The Morgan fingerprint density at radius 2 is 2.04 bits per heavy atom. The van der Waals surface area contributed by atoms with Crippen LogP contribution in [0.1, 0.15) is 37.7 Å². The molecule has 5 heteroatoms. The Morgan fingerprint density at radius 3 is 2.62 bits per heavy atom. The number of fused-ring (bicyclic) bond motifs is 2. The Hall–Kier alpha value is -1.07. The van der Waals surface area contributed by atoms with Gasteiger partial charge < -0.3 is 9.22 Å². The lowest BCUT2D eigenvalue weighted by Gasteiger charge is -2.50. The van der Waals surface area contributed by atoms with E-state index in [2.05, 4.69) is 26.6 Å². The molecule has 0 aromatic heterocycles. The second-order valence-electron chi connectivity index (χ2n) is 7.62. The molecule has 3 rings (SSSR count). The number of methoxy groups -OCH3 is 1. The Balaban J connectivity index is 1.98. The highest BCUT2D eigenvalue weighted by Crippen LogP contribution is 2.51. The Morgan fingerprint density at radius 1 is 1.38 bits per heavy atom. The molecule has 0 saturated carbocycles. The van der Waals surface area contributed by atoms with Gasteiger partial charge in [-0.1, -0.05) is 12.1 Å². The molecule has 3 nitrogen and oxygen atoms in total. The van der Waals surface area contributed by atoms with Gasteiger partial charge in [0.05, 0.1) is 26.7 Å². The van der Waals surface area contributed by atoms with E-state index < -0.39 is 0 Å². The number of quaternary nitrogens is 1. The number of rotatable bonds is 4. The SMILES string of the molecule is COC(=O)[C@@H]1C2CCC(C[C@@H]1c1ccc(F)cc1)[N+]2(C)CC(C)S. The van der Waals surface area contributed by atoms with Crippen molar-refractivity contribution in [3.8, 4) is 0 Å². The smallest absolute Gasteiger partial charge is 0.315 e. The molecule has 1 aromatic rings. The average Bonchev–Trinajstić information content (AvgIpc) is 2.73. The first-order valence-electron chi connectivity index (χ1n) is 8.73. The van der Waals surface area contributed by atoms with E-state index >= 15 is 0 Å². The Bertz CT molecular complexity index is 606. The molecular formula is C19H27FNO2S+. The number of halogens is 1. The van der Waals surface area contributed by atoms with E-state index in [0.29, 0.717) is 11.3 Å². The minimum atomic E-state index is -0.239. The van der Waals surface area contributed by atoms with Crippen LogP contribution in [-0.4, -0.2) is 48.5 Å². The first-order chi connectivity index (χ1) is 11.4. The van der Waals surface area contributed by atoms with Crippen molar-refractivity contribution < 1.29 is 18.4 Å². The predicted molar refractivity (Wildman–Crippen MR) is 95.6 cm³/mol. The molecule has 2 aliphatic heterocycles. The summed E-state index contributed by atoms with van der Waals surface area (Å²) in [6, 6.07) is 7.41. The average molecular weight is 352 g/mol. The number of nitrogens with zero attached hydrogens (tertiary/aromatic N) is 1. The Kier molecular flexibility index (Phi) is 4.94. The van der Waals surface area contributed by atoms with Gasteiger partial charge in [0, 0.05) is 30.4 Å². The van der Waals surface area contributed by atoms with Crippen LogP contribution in [-0.2, 0) is 9.53 Å². The second-order valence-corrected chi connectivity index (χ2v) is 8.50. The lowest BCUT2D eigenvalue weighted by atomic mass is 9.74. The number of thiol groups is 1. The van der Waals surface area contributed by atoms with Gasteiger partial charge >= 0.3 is 5.97 Å². The maximum atomic E-state index is 13.3. The van der Waals surface area contributed by atoms with E-state index in [4.69, 9.17) is 4.74 Å². The zero-order chi connectivity index (χ0) is 17.5. The number of hydrogen-bond acceptors (Lipinski definition) is 3. The maximum Gasteiger partial charge on any atom is 0.315 e. The molecule has 2 aliphatic rings. The van der Waals surface area contributed by atoms with Crippen molar-refractivity contribution in [3.63, 3.8) is 0 Å². The molecule has 24 heavy (non-hydrogen) atoms. The topological polar surface area (TPSA) is 26.3 Å². The van der Waals surface area contributed by atoms with Gasteiger partial charge in [0.1, 0.15) is 17.8 Å². The van der Waals surface area contributed by atoms with Crippen LogP contribution in [0.3, 0.4) is 0 Å². The van der Waals surface area contributed by atoms with Crippen molar-refractivity contribution in [2.75, 3.05) is 20.7 Å².